The van der Waals surface area contributed by atoms with E-state index in [0.717, 1.165) is 12.5 Å². The average Bonchev–Trinajstić information content (AvgIpc) is 3.34. The SMILES string of the molecule is N#Cc1ccc(OCc2nccc(O[C@H]3CCN(Cc4nc5ccc(C(=O)O)cc5n4C[C@@H]4CCO4)[C@@H](C(F)(F)F)C3)n2)c(F)c1. The number of aromatic nitrogens is 4. The number of fused-ring (bicyclic) bond motifs is 1. The summed E-state index contributed by atoms with van der Waals surface area (Å²) in [6.07, 6.45) is -3.43. The minimum Gasteiger partial charge on any atom is -0.483 e. The van der Waals surface area contributed by atoms with Gasteiger partial charge in [0.25, 0.3) is 0 Å². The number of carboxylic acids is 1. The lowest BCUT2D eigenvalue weighted by Crippen LogP contribution is -2.52. The van der Waals surface area contributed by atoms with Gasteiger partial charge in [-0.05, 0) is 49.2 Å². The van der Waals surface area contributed by atoms with E-state index in [-0.39, 0.29) is 67.2 Å². The van der Waals surface area contributed by atoms with Gasteiger partial charge in [0, 0.05) is 31.8 Å². The summed E-state index contributed by atoms with van der Waals surface area (Å²) in [5.41, 5.74) is 1.21. The summed E-state index contributed by atoms with van der Waals surface area (Å²) < 4.78 is 76.1. The second kappa shape index (κ2) is 12.9. The van der Waals surface area contributed by atoms with Gasteiger partial charge >= 0.3 is 12.1 Å². The van der Waals surface area contributed by atoms with E-state index in [2.05, 4.69) is 15.0 Å². The van der Waals surface area contributed by atoms with E-state index in [1.54, 1.807) is 10.6 Å². The Balaban J connectivity index is 1.15. The van der Waals surface area contributed by atoms with Crippen molar-refractivity contribution >= 4 is 17.0 Å². The predicted molar refractivity (Wildman–Crippen MR) is 152 cm³/mol. The molecule has 4 aromatic rings. The van der Waals surface area contributed by atoms with Crippen LogP contribution in [0.3, 0.4) is 0 Å². The third kappa shape index (κ3) is 6.87. The molecular formula is C31H28F4N6O5. The van der Waals surface area contributed by atoms with Crippen LogP contribution in [0.1, 0.15) is 46.8 Å². The number of halogens is 4. The van der Waals surface area contributed by atoms with Crippen molar-refractivity contribution in [1.82, 2.24) is 24.4 Å². The number of rotatable bonds is 10. The highest BCUT2D eigenvalue weighted by atomic mass is 19.4. The summed E-state index contributed by atoms with van der Waals surface area (Å²) in [5.74, 6) is -1.37. The number of benzene rings is 2. The maximum absolute atomic E-state index is 14.4. The predicted octanol–water partition coefficient (Wildman–Crippen LogP) is 4.88. The maximum Gasteiger partial charge on any atom is 0.404 e. The molecule has 46 heavy (non-hydrogen) atoms. The van der Waals surface area contributed by atoms with E-state index >= 15 is 0 Å². The molecule has 0 radical (unpaired) electrons. The van der Waals surface area contributed by atoms with E-state index in [4.69, 9.17) is 19.5 Å². The second-order valence-electron chi connectivity index (χ2n) is 11.1. The summed E-state index contributed by atoms with van der Waals surface area (Å²) in [6.45, 7) is 0.652. The highest BCUT2D eigenvalue weighted by Gasteiger charge is 2.47. The number of ether oxygens (including phenoxy) is 3. The van der Waals surface area contributed by atoms with Gasteiger partial charge in [0.2, 0.25) is 5.88 Å². The number of carbonyl (C=O) groups is 1. The first kappa shape index (κ1) is 31.2. The van der Waals surface area contributed by atoms with Crippen molar-refractivity contribution in [3.05, 3.63) is 77.3 Å². The number of likely N-dealkylation sites (tertiary alicyclic amines) is 1. The summed E-state index contributed by atoms with van der Waals surface area (Å²) >= 11 is 0. The zero-order valence-corrected chi connectivity index (χ0v) is 24.3. The molecular weight excluding hydrogens is 612 g/mol. The standard InChI is InChI=1S/C31H28F4N6O5/c32-22-11-18(14-36)1-4-25(22)45-17-27-37-8-5-29(39-27)46-20-6-9-40(26(13-20)31(33,34)35)16-28-38-23-3-2-19(30(42)43)12-24(23)41(28)15-21-7-10-44-21/h1-5,8,11-12,20-21,26H,6-7,9-10,13,15-17H2,(H,42,43)/t20-,21-,26+/m0/s1. The minimum absolute atomic E-state index is 0.0530. The van der Waals surface area contributed by atoms with Crippen molar-refractivity contribution in [1.29, 1.82) is 5.26 Å². The van der Waals surface area contributed by atoms with Crippen molar-refractivity contribution in [2.75, 3.05) is 13.2 Å². The number of nitrogens with zero attached hydrogens (tertiary/aromatic N) is 6. The fourth-order valence-corrected chi connectivity index (χ4v) is 5.58. The van der Waals surface area contributed by atoms with Gasteiger partial charge < -0.3 is 23.9 Å². The van der Waals surface area contributed by atoms with Gasteiger partial charge in [-0.3, -0.25) is 4.90 Å². The fourth-order valence-electron chi connectivity index (χ4n) is 5.58. The number of carboxylic acid groups (broad SMARTS) is 1. The van der Waals surface area contributed by atoms with Crippen LogP contribution in [0, 0.1) is 17.1 Å². The van der Waals surface area contributed by atoms with Gasteiger partial charge in [-0.25, -0.2) is 19.2 Å². The molecule has 240 valence electrons. The van der Waals surface area contributed by atoms with Crippen molar-refractivity contribution in [3.63, 3.8) is 0 Å². The number of hydrogen-bond donors (Lipinski definition) is 1. The lowest BCUT2D eigenvalue weighted by atomic mass is 9.98. The molecule has 2 aliphatic rings. The van der Waals surface area contributed by atoms with Gasteiger partial charge in [-0.1, -0.05) is 0 Å². The molecule has 0 unspecified atom stereocenters. The zero-order chi connectivity index (χ0) is 32.4. The molecule has 0 saturated carbocycles. The molecule has 15 heteroatoms. The Bertz CT molecular complexity index is 1790. The Hall–Kier alpha value is -4.81. The van der Waals surface area contributed by atoms with Crippen LogP contribution in [0.25, 0.3) is 11.0 Å². The molecule has 0 bridgehead atoms. The van der Waals surface area contributed by atoms with Gasteiger partial charge in [-0.2, -0.15) is 23.4 Å². The molecule has 2 saturated heterocycles. The Morgan fingerprint density at radius 1 is 1.15 bits per heavy atom. The lowest BCUT2D eigenvalue weighted by molar-refractivity contribution is -0.200. The minimum atomic E-state index is -4.57. The van der Waals surface area contributed by atoms with E-state index in [0.29, 0.717) is 30.0 Å². The molecule has 4 heterocycles. The van der Waals surface area contributed by atoms with E-state index in [1.165, 1.54) is 41.4 Å². The third-order valence-corrected chi connectivity index (χ3v) is 8.03. The zero-order valence-electron chi connectivity index (χ0n) is 24.3. The number of aromatic carboxylic acids is 1. The summed E-state index contributed by atoms with van der Waals surface area (Å²) in [7, 11) is 0. The molecule has 2 aromatic heterocycles. The van der Waals surface area contributed by atoms with Crippen LogP contribution < -0.4 is 9.47 Å². The monoisotopic (exact) mass is 640 g/mol. The first-order chi connectivity index (χ1) is 22.1. The highest BCUT2D eigenvalue weighted by Crippen LogP contribution is 2.35. The fraction of sp³-hybridized carbons (Fsp3) is 0.387. The lowest BCUT2D eigenvalue weighted by Gasteiger charge is -2.40. The molecule has 0 aliphatic carbocycles. The quantitative estimate of drug-likeness (QED) is 0.239. The Kier molecular flexibility index (Phi) is 8.74. The van der Waals surface area contributed by atoms with Gasteiger partial charge in [0.15, 0.2) is 17.4 Å². The van der Waals surface area contributed by atoms with Crippen LogP contribution in [-0.2, 0) is 24.4 Å². The smallest absolute Gasteiger partial charge is 0.404 e. The van der Waals surface area contributed by atoms with Gasteiger partial charge in [0.1, 0.15) is 24.6 Å². The van der Waals surface area contributed by atoms with Crippen LogP contribution in [0.15, 0.2) is 48.7 Å². The highest BCUT2D eigenvalue weighted by molar-refractivity contribution is 5.92. The van der Waals surface area contributed by atoms with Crippen molar-refractivity contribution < 1.29 is 41.7 Å². The van der Waals surface area contributed by atoms with Crippen molar-refractivity contribution in [2.45, 2.75) is 63.4 Å². The molecule has 6 rings (SSSR count). The van der Waals surface area contributed by atoms with E-state index in [9.17, 15) is 27.5 Å². The number of imidazole rings is 1. The van der Waals surface area contributed by atoms with Crippen LogP contribution >= 0.6 is 0 Å². The maximum atomic E-state index is 14.4. The first-order valence-corrected chi connectivity index (χ1v) is 14.5. The molecule has 3 atom stereocenters. The summed E-state index contributed by atoms with van der Waals surface area (Å²) in [6, 6.07) is 9.62. The second-order valence-corrected chi connectivity index (χ2v) is 11.1. The van der Waals surface area contributed by atoms with Gasteiger partial charge in [-0.15, -0.1) is 0 Å². The van der Waals surface area contributed by atoms with Crippen LogP contribution in [0.2, 0.25) is 0 Å². The summed E-state index contributed by atoms with van der Waals surface area (Å²) in [5, 5.41) is 18.4. The Morgan fingerprint density at radius 3 is 2.67 bits per heavy atom. The molecule has 0 amide bonds. The Labute approximate surface area is 260 Å². The molecule has 1 N–H and O–H groups in total. The normalized spacial score (nSPS) is 20.2. The number of piperidine rings is 1. The average molecular weight is 641 g/mol. The van der Waals surface area contributed by atoms with Crippen LogP contribution in [0.4, 0.5) is 17.6 Å². The molecule has 2 fully saturated rings. The number of nitriles is 1. The van der Waals surface area contributed by atoms with Crippen molar-refractivity contribution in [2.24, 2.45) is 0 Å². The molecule has 11 nitrogen and oxygen atoms in total. The van der Waals surface area contributed by atoms with E-state index < -0.39 is 30.1 Å². The van der Waals surface area contributed by atoms with Crippen molar-refractivity contribution in [3.8, 4) is 17.7 Å². The number of alkyl halides is 3. The van der Waals surface area contributed by atoms with E-state index in [1.807, 2.05) is 6.07 Å². The molecule has 0 spiro atoms. The Morgan fingerprint density at radius 2 is 1.98 bits per heavy atom. The topological polar surface area (TPSA) is 136 Å². The number of hydrogen-bond acceptors (Lipinski definition) is 9. The van der Waals surface area contributed by atoms with Gasteiger partial charge in [0.05, 0.1) is 47.4 Å². The van der Waals surface area contributed by atoms with Crippen LogP contribution in [-0.4, -0.2) is 73.1 Å². The molecule has 2 aliphatic heterocycles. The first-order valence-electron chi connectivity index (χ1n) is 14.5. The summed E-state index contributed by atoms with van der Waals surface area (Å²) in [4.78, 5) is 25.8. The molecule has 2 aromatic carbocycles. The van der Waals surface area contributed by atoms with Crippen LogP contribution in [0.5, 0.6) is 11.6 Å². The third-order valence-electron chi connectivity index (χ3n) is 8.03. The largest absolute Gasteiger partial charge is 0.483 e.